The van der Waals surface area contributed by atoms with E-state index >= 15 is 0 Å². The van der Waals surface area contributed by atoms with Gasteiger partial charge < -0.3 is 5.73 Å². The highest BCUT2D eigenvalue weighted by Gasteiger charge is 2.14. The third-order valence-corrected chi connectivity index (χ3v) is 4.85. The van der Waals surface area contributed by atoms with Crippen LogP contribution in [0.15, 0.2) is 30.3 Å². The molecular formula is C14H23NO2S. The first-order valence-electron chi connectivity index (χ1n) is 6.53. The standard InChI is InChI=1S/C14H23NO2S/c1-2-14(15)12-18(16,17)11-7-6-10-13-8-4-3-5-9-13/h3-5,8-9,14H,2,6-7,10-12,15H2,1H3. The summed E-state index contributed by atoms with van der Waals surface area (Å²) >= 11 is 0. The molecule has 0 aliphatic heterocycles. The van der Waals surface area contributed by atoms with Crippen molar-refractivity contribution in [2.24, 2.45) is 5.73 Å². The lowest BCUT2D eigenvalue weighted by Gasteiger charge is -2.09. The molecule has 1 unspecified atom stereocenters. The van der Waals surface area contributed by atoms with E-state index in [9.17, 15) is 8.42 Å². The molecule has 0 spiro atoms. The van der Waals surface area contributed by atoms with Gasteiger partial charge in [0.2, 0.25) is 0 Å². The molecule has 2 N–H and O–H groups in total. The number of nitrogens with two attached hydrogens (primary N) is 1. The number of hydrogen-bond donors (Lipinski definition) is 1. The molecule has 3 nitrogen and oxygen atoms in total. The Hall–Kier alpha value is -0.870. The maximum atomic E-state index is 11.7. The molecule has 0 radical (unpaired) electrons. The minimum Gasteiger partial charge on any atom is -0.327 e. The number of sulfone groups is 1. The molecule has 0 bridgehead atoms. The summed E-state index contributed by atoms with van der Waals surface area (Å²) < 4.78 is 23.5. The third-order valence-electron chi connectivity index (χ3n) is 3.01. The maximum absolute atomic E-state index is 11.7. The molecule has 18 heavy (non-hydrogen) atoms. The van der Waals surface area contributed by atoms with Gasteiger partial charge in [-0.15, -0.1) is 0 Å². The first-order chi connectivity index (χ1) is 8.53. The monoisotopic (exact) mass is 269 g/mol. The quantitative estimate of drug-likeness (QED) is 0.736. The van der Waals surface area contributed by atoms with Crippen molar-refractivity contribution in [3.63, 3.8) is 0 Å². The van der Waals surface area contributed by atoms with Crippen LogP contribution >= 0.6 is 0 Å². The van der Waals surface area contributed by atoms with Gasteiger partial charge >= 0.3 is 0 Å². The number of hydrogen-bond acceptors (Lipinski definition) is 3. The van der Waals surface area contributed by atoms with Gasteiger partial charge in [-0.3, -0.25) is 0 Å². The zero-order valence-corrected chi connectivity index (χ0v) is 11.8. The molecule has 0 saturated carbocycles. The fourth-order valence-corrected chi connectivity index (χ4v) is 3.52. The molecule has 0 aromatic heterocycles. The minimum absolute atomic E-state index is 0.120. The Morgan fingerprint density at radius 2 is 1.83 bits per heavy atom. The van der Waals surface area contributed by atoms with Crippen molar-refractivity contribution in [1.29, 1.82) is 0 Å². The van der Waals surface area contributed by atoms with Crippen LogP contribution in [-0.4, -0.2) is 26.0 Å². The highest BCUT2D eigenvalue weighted by atomic mass is 32.2. The Morgan fingerprint density at radius 1 is 1.17 bits per heavy atom. The Labute approximate surface area is 110 Å². The Morgan fingerprint density at radius 3 is 2.44 bits per heavy atom. The maximum Gasteiger partial charge on any atom is 0.151 e. The number of aryl methyl sites for hydroxylation is 1. The van der Waals surface area contributed by atoms with Crippen LogP contribution in [0.4, 0.5) is 0 Å². The van der Waals surface area contributed by atoms with Crippen molar-refractivity contribution in [3.8, 4) is 0 Å². The van der Waals surface area contributed by atoms with E-state index in [2.05, 4.69) is 12.1 Å². The minimum atomic E-state index is -2.97. The predicted molar refractivity (Wildman–Crippen MR) is 76.3 cm³/mol. The molecule has 1 atom stereocenters. The normalized spacial score (nSPS) is 13.4. The van der Waals surface area contributed by atoms with Gasteiger partial charge in [-0.25, -0.2) is 8.42 Å². The van der Waals surface area contributed by atoms with E-state index in [0.717, 1.165) is 12.8 Å². The van der Waals surface area contributed by atoms with Crippen LogP contribution in [-0.2, 0) is 16.3 Å². The van der Waals surface area contributed by atoms with Crippen molar-refractivity contribution in [2.75, 3.05) is 11.5 Å². The van der Waals surface area contributed by atoms with E-state index in [1.54, 1.807) is 0 Å². The van der Waals surface area contributed by atoms with Crippen molar-refractivity contribution < 1.29 is 8.42 Å². The topological polar surface area (TPSA) is 60.2 Å². The zero-order chi connectivity index (χ0) is 13.4. The SMILES string of the molecule is CCC(N)CS(=O)(=O)CCCCc1ccccc1. The zero-order valence-electron chi connectivity index (χ0n) is 11.0. The Bertz CT molecular complexity index is 428. The highest BCUT2D eigenvalue weighted by molar-refractivity contribution is 7.91. The molecule has 0 aliphatic carbocycles. The van der Waals surface area contributed by atoms with Gasteiger partial charge in [-0.1, -0.05) is 37.3 Å². The Balaban J connectivity index is 2.25. The van der Waals surface area contributed by atoms with E-state index in [0.29, 0.717) is 12.8 Å². The van der Waals surface area contributed by atoms with Gasteiger partial charge in [-0.05, 0) is 31.2 Å². The van der Waals surface area contributed by atoms with Crippen molar-refractivity contribution in [2.45, 2.75) is 38.6 Å². The number of benzene rings is 1. The second-order valence-electron chi connectivity index (χ2n) is 4.73. The molecule has 102 valence electrons. The summed E-state index contributed by atoms with van der Waals surface area (Å²) in [6.45, 7) is 1.91. The molecule has 1 aromatic rings. The van der Waals surface area contributed by atoms with Crippen LogP contribution in [0.25, 0.3) is 0 Å². The summed E-state index contributed by atoms with van der Waals surface area (Å²) in [5.41, 5.74) is 6.94. The highest BCUT2D eigenvalue weighted by Crippen LogP contribution is 2.07. The van der Waals surface area contributed by atoms with Crippen molar-refractivity contribution in [1.82, 2.24) is 0 Å². The lowest BCUT2D eigenvalue weighted by atomic mass is 10.1. The van der Waals surface area contributed by atoms with Gasteiger partial charge in [0.05, 0.1) is 11.5 Å². The largest absolute Gasteiger partial charge is 0.327 e. The smallest absolute Gasteiger partial charge is 0.151 e. The second-order valence-corrected chi connectivity index (χ2v) is 6.95. The molecule has 0 heterocycles. The fraction of sp³-hybridized carbons (Fsp3) is 0.571. The van der Waals surface area contributed by atoms with Gasteiger partial charge in [0.1, 0.15) is 0 Å². The average molecular weight is 269 g/mol. The van der Waals surface area contributed by atoms with Crippen LogP contribution in [0.1, 0.15) is 31.7 Å². The lowest BCUT2D eigenvalue weighted by Crippen LogP contribution is -2.30. The van der Waals surface area contributed by atoms with E-state index in [1.165, 1.54) is 5.56 Å². The van der Waals surface area contributed by atoms with Gasteiger partial charge in [0, 0.05) is 6.04 Å². The lowest BCUT2D eigenvalue weighted by molar-refractivity contribution is 0.579. The molecule has 1 rings (SSSR count). The fourth-order valence-electron chi connectivity index (χ4n) is 1.82. The molecule has 1 aromatic carbocycles. The molecule has 0 fully saturated rings. The first kappa shape index (κ1) is 15.2. The summed E-state index contributed by atoms with van der Waals surface area (Å²) in [5.74, 6) is 0.377. The second kappa shape index (κ2) is 7.54. The van der Waals surface area contributed by atoms with E-state index < -0.39 is 9.84 Å². The summed E-state index contributed by atoms with van der Waals surface area (Å²) in [6.07, 6.45) is 3.28. The molecular weight excluding hydrogens is 246 g/mol. The molecule has 4 heteroatoms. The predicted octanol–water partition coefficient (Wildman–Crippen LogP) is 2.16. The number of rotatable bonds is 8. The summed E-state index contributed by atoms with van der Waals surface area (Å²) in [6, 6.07) is 9.92. The van der Waals surface area contributed by atoms with Crippen LogP contribution in [0.3, 0.4) is 0 Å². The van der Waals surface area contributed by atoms with E-state index in [4.69, 9.17) is 5.73 Å². The van der Waals surface area contributed by atoms with E-state index in [-0.39, 0.29) is 17.5 Å². The average Bonchev–Trinajstić information content (AvgIpc) is 2.35. The third kappa shape index (κ3) is 6.17. The van der Waals surface area contributed by atoms with Crippen LogP contribution in [0, 0.1) is 0 Å². The van der Waals surface area contributed by atoms with Crippen LogP contribution in [0.2, 0.25) is 0 Å². The van der Waals surface area contributed by atoms with Gasteiger partial charge in [0.15, 0.2) is 9.84 Å². The van der Waals surface area contributed by atoms with Crippen LogP contribution in [0.5, 0.6) is 0 Å². The molecule has 0 saturated heterocycles. The summed E-state index contributed by atoms with van der Waals surface area (Å²) in [4.78, 5) is 0. The summed E-state index contributed by atoms with van der Waals surface area (Å²) in [7, 11) is -2.97. The first-order valence-corrected chi connectivity index (χ1v) is 8.35. The van der Waals surface area contributed by atoms with Crippen molar-refractivity contribution >= 4 is 9.84 Å². The van der Waals surface area contributed by atoms with Gasteiger partial charge in [0.25, 0.3) is 0 Å². The molecule has 0 amide bonds. The molecule has 0 aliphatic rings. The van der Waals surface area contributed by atoms with Crippen LogP contribution < -0.4 is 5.73 Å². The van der Waals surface area contributed by atoms with Gasteiger partial charge in [-0.2, -0.15) is 0 Å². The Kier molecular flexibility index (Phi) is 6.36. The number of unbranched alkanes of at least 4 members (excludes halogenated alkanes) is 1. The summed E-state index contributed by atoms with van der Waals surface area (Å²) in [5, 5.41) is 0. The van der Waals surface area contributed by atoms with Crippen molar-refractivity contribution in [3.05, 3.63) is 35.9 Å². The van der Waals surface area contributed by atoms with E-state index in [1.807, 2.05) is 25.1 Å².